The van der Waals surface area contributed by atoms with Crippen molar-refractivity contribution < 1.29 is 19.5 Å². The number of amides is 2. The number of carbonyl (C=O) groups excluding carboxylic acids is 2. The van der Waals surface area contributed by atoms with Crippen molar-refractivity contribution in [1.29, 1.82) is 0 Å². The summed E-state index contributed by atoms with van der Waals surface area (Å²) in [6, 6.07) is 9.78. The fourth-order valence-electron chi connectivity index (χ4n) is 3.11. The van der Waals surface area contributed by atoms with Gasteiger partial charge in [-0.15, -0.1) is 0 Å². The molecule has 0 aliphatic carbocycles. The van der Waals surface area contributed by atoms with Gasteiger partial charge in [-0.1, -0.05) is 28.1 Å². The minimum atomic E-state index is -1.12. The fourth-order valence-corrected chi connectivity index (χ4v) is 3.56. The average molecular weight is 432 g/mol. The van der Waals surface area contributed by atoms with Gasteiger partial charge in [-0.3, -0.25) is 19.4 Å². The molecule has 1 N–H and O–H groups in total. The molecule has 0 radical (unpaired) electrons. The Bertz CT molecular complexity index is 859. The summed E-state index contributed by atoms with van der Waals surface area (Å²) in [5.74, 6) is -1.87. The van der Waals surface area contributed by atoms with Crippen LogP contribution in [0.15, 0.2) is 53.3 Å². The Balaban J connectivity index is 1.81. The monoisotopic (exact) mass is 431 g/mol. The predicted molar refractivity (Wildman–Crippen MR) is 101 cm³/mol. The second-order valence-corrected chi connectivity index (χ2v) is 7.16. The number of benzene rings is 1. The third-order valence-electron chi connectivity index (χ3n) is 4.38. The number of carbonyl (C=O) groups is 3. The number of halogens is 1. The molecule has 7 nitrogen and oxygen atoms in total. The summed E-state index contributed by atoms with van der Waals surface area (Å²) in [5, 5.41) is 9.24. The Labute approximate surface area is 164 Å². The maximum atomic E-state index is 12.9. The highest BCUT2D eigenvalue weighted by Crippen LogP contribution is 2.21. The van der Waals surface area contributed by atoms with Gasteiger partial charge in [0, 0.05) is 36.5 Å². The zero-order valence-corrected chi connectivity index (χ0v) is 16.0. The predicted octanol–water partition coefficient (Wildman–Crippen LogP) is 2.17. The maximum absolute atomic E-state index is 12.9. The molecule has 27 heavy (non-hydrogen) atoms. The molecule has 2 heterocycles. The van der Waals surface area contributed by atoms with Crippen LogP contribution in [0, 0.1) is 0 Å². The van der Waals surface area contributed by atoms with Crippen LogP contribution < -0.4 is 0 Å². The van der Waals surface area contributed by atoms with E-state index >= 15 is 0 Å². The lowest BCUT2D eigenvalue weighted by atomic mass is 10.0. The van der Waals surface area contributed by atoms with E-state index in [1.165, 1.54) is 11.1 Å². The Morgan fingerprint density at radius 3 is 2.70 bits per heavy atom. The van der Waals surface area contributed by atoms with Gasteiger partial charge in [0.15, 0.2) is 0 Å². The number of carboxylic acids is 1. The van der Waals surface area contributed by atoms with Gasteiger partial charge in [-0.2, -0.15) is 0 Å². The minimum absolute atomic E-state index is 0.269. The highest BCUT2D eigenvalue weighted by atomic mass is 79.9. The molecule has 2 aromatic rings. The molecule has 1 aliphatic rings. The number of nitrogens with zero attached hydrogens (tertiary/aromatic N) is 3. The molecule has 1 aromatic heterocycles. The Morgan fingerprint density at radius 2 is 2.04 bits per heavy atom. The number of aliphatic carboxylic acids is 1. The van der Waals surface area contributed by atoms with Gasteiger partial charge in [-0.25, -0.2) is 0 Å². The zero-order valence-electron chi connectivity index (χ0n) is 14.4. The van der Waals surface area contributed by atoms with Gasteiger partial charge in [0.2, 0.25) is 5.91 Å². The van der Waals surface area contributed by atoms with E-state index in [1.54, 1.807) is 23.2 Å². The first kappa shape index (κ1) is 19.0. The number of rotatable bonds is 5. The summed E-state index contributed by atoms with van der Waals surface area (Å²) >= 11 is 3.40. The van der Waals surface area contributed by atoms with Crippen LogP contribution in [0.2, 0.25) is 0 Å². The molecule has 0 spiro atoms. The number of carboxylic acid groups (broad SMARTS) is 1. The first-order valence-corrected chi connectivity index (χ1v) is 9.21. The highest BCUT2D eigenvalue weighted by molar-refractivity contribution is 9.10. The van der Waals surface area contributed by atoms with Crippen LogP contribution in [-0.4, -0.2) is 56.8 Å². The third-order valence-corrected chi connectivity index (χ3v) is 4.88. The summed E-state index contributed by atoms with van der Waals surface area (Å²) in [6.45, 7) is 0.974. The molecular weight excluding hydrogens is 414 g/mol. The maximum Gasteiger partial charge on any atom is 0.305 e. The highest BCUT2D eigenvalue weighted by Gasteiger charge is 2.39. The lowest BCUT2D eigenvalue weighted by molar-refractivity contribution is -0.148. The summed E-state index contributed by atoms with van der Waals surface area (Å²) < 4.78 is 0.903. The first-order valence-electron chi connectivity index (χ1n) is 8.41. The topological polar surface area (TPSA) is 90.8 Å². The molecule has 1 unspecified atom stereocenters. The molecule has 1 atom stereocenters. The second-order valence-electron chi connectivity index (χ2n) is 6.24. The summed E-state index contributed by atoms with van der Waals surface area (Å²) in [7, 11) is 0. The van der Waals surface area contributed by atoms with Gasteiger partial charge in [0.05, 0.1) is 12.0 Å². The van der Waals surface area contributed by atoms with Gasteiger partial charge in [0.1, 0.15) is 6.04 Å². The van der Waals surface area contributed by atoms with E-state index in [9.17, 15) is 19.5 Å². The van der Waals surface area contributed by atoms with Crippen LogP contribution in [0.5, 0.6) is 0 Å². The standard InChI is InChI=1S/C19H18BrN3O4/c20-15-5-1-3-13(9-15)12-22-7-8-23(16(19(22)27)10-17(24)25)18(26)14-4-2-6-21-11-14/h1-6,9,11,16H,7-8,10,12H2,(H,24,25). The molecule has 1 saturated heterocycles. The van der Waals surface area contributed by atoms with E-state index in [-0.39, 0.29) is 18.4 Å². The zero-order chi connectivity index (χ0) is 19.4. The van der Waals surface area contributed by atoms with Crippen molar-refractivity contribution >= 4 is 33.7 Å². The van der Waals surface area contributed by atoms with Crippen LogP contribution in [0.25, 0.3) is 0 Å². The van der Waals surface area contributed by atoms with E-state index < -0.39 is 18.4 Å². The number of hydrogen-bond donors (Lipinski definition) is 1. The molecule has 1 aliphatic heterocycles. The van der Waals surface area contributed by atoms with Gasteiger partial charge in [-0.05, 0) is 29.8 Å². The number of hydrogen-bond acceptors (Lipinski definition) is 4. The molecule has 8 heteroatoms. The SMILES string of the molecule is O=C(O)CC1C(=O)N(Cc2cccc(Br)c2)CCN1C(=O)c1cccnc1. The van der Waals surface area contributed by atoms with Crippen molar-refractivity contribution in [3.05, 3.63) is 64.4 Å². The average Bonchev–Trinajstić information content (AvgIpc) is 2.65. The molecule has 140 valence electrons. The van der Waals surface area contributed by atoms with Gasteiger partial charge < -0.3 is 14.9 Å². The van der Waals surface area contributed by atoms with Gasteiger partial charge >= 0.3 is 5.97 Å². The van der Waals surface area contributed by atoms with Crippen LogP contribution in [-0.2, 0) is 16.1 Å². The van der Waals surface area contributed by atoms with E-state index in [0.717, 1.165) is 10.0 Å². The van der Waals surface area contributed by atoms with E-state index in [0.29, 0.717) is 18.7 Å². The summed E-state index contributed by atoms with van der Waals surface area (Å²) in [6.07, 6.45) is 2.53. The quantitative estimate of drug-likeness (QED) is 0.782. The minimum Gasteiger partial charge on any atom is -0.481 e. The molecule has 2 amide bonds. The Kier molecular flexibility index (Phi) is 5.85. The van der Waals surface area contributed by atoms with Crippen LogP contribution in [0.3, 0.4) is 0 Å². The normalized spacial score (nSPS) is 17.1. The number of piperazine rings is 1. The van der Waals surface area contributed by atoms with E-state index in [1.807, 2.05) is 24.3 Å². The molecule has 0 saturated carbocycles. The largest absolute Gasteiger partial charge is 0.481 e. The molecule has 1 aromatic carbocycles. The van der Waals surface area contributed by atoms with Crippen LogP contribution in [0.1, 0.15) is 22.3 Å². The van der Waals surface area contributed by atoms with Crippen LogP contribution in [0.4, 0.5) is 0 Å². The fraction of sp³-hybridized carbons (Fsp3) is 0.263. The number of aromatic nitrogens is 1. The van der Waals surface area contributed by atoms with Crippen molar-refractivity contribution in [2.75, 3.05) is 13.1 Å². The second kappa shape index (κ2) is 8.30. The van der Waals surface area contributed by atoms with E-state index in [4.69, 9.17) is 0 Å². The molecule has 3 rings (SSSR count). The third kappa shape index (κ3) is 4.51. The van der Waals surface area contributed by atoms with Crippen LogP contribution >= 0.6 is 15.9 Å². The van der Waals surface area contributed by atoms with E-state index in [2.05, 4.69) is 20.9 Å². The van der Waals surface area contributed by atoms with Gasteiger partial charge in [0.25, 0.3) is 5.91 Å². The summed E-state index contributed by atoms with van der Waals surface area (Å²) in [5.41, 5.74) is 1.26. The molecular formula is C19H18BrN3O4. The summed E-state index contributed by atoms with van der Waals surface area (Å²) in [4.78, 5) is 43.9. The van der Waals surface area contributed by atoms with Crippen molar-refractivity contribution in [1.82, 2.24) is 14.8 Å². The van der Waals surface area contributed by atoms with Crippen molar-refractivity contribution in [3.8, 4) is 0 Å². The van der Waals surface area contributed by atoms with Crippen molar-refractivity contribution in [3.63, 3.8) is 0 Å². The van der Waals surface area contributed by atoms with Crippen molar-refractivity contribution in [2.24, 2.45) is 0 Å². The molecule has 1 fully saturated rings. The van der Waals surface area contributed by atoms with Crippen molar-refractivity contribution in [2.45, 2.75) is 19.0 Å². The lowest BCUT2D eigenvalue weighted by Crippen LogP contribution is -2.59. The lowest BCUT2D eigenvalue weighted by Gasteiger charge is -2.40. The smallest absolute Gasteiger partial charge is 0.305 e. The Morgan fingerprint density at radius 1 is 1.22 bits per heavy atom. The number of pyridine rings is 1. The first-order chi connectivity index (χ1) is 13.0. The Hall–Kier alpha value is -2.74. The molecule has 0 bridgehead atoms.